The first kappa shape index (κ1) is 16.3. The molecule has 4 nitrogen and oxygen atoms in total. The number of hydrogen-bond donors (Lipinski definition) is 0. The Labute approximate surface area is 143 Å². The molecule has 4 heteroatoms. The van der Waals surface area contributed by atoms with Crippen LogP contribution in [0.1, 0.15) is 0 Å². The standard InChI is InChI=1S/C20H23N3O/c1-22(2)13-14-24-20-12-8-7-11-17(20)18-15-19(23(3)21-18)16-9-5-4-6-10-16/h4-12,15H,13-14H2,1-3H3. The average molecular weight is 321 g/mol. The fourth-order valence-corrected chi connectivity index (χ4v) is 2.62. The molecule has 24 heavy (non-hydrogen) atoms. The van der Waals surface area contributed by atoms with Gasteiger partial charge in [0.1, 0.15) is 12.4 Å². The van der Waals surface area contributed by atoms with Crippen LogP contribution in [-0.4, -0.2) is 41.9 Å². The first-order valence-corrected chi connectivity index (χ1v) is 8.11. The summed E-state index contributed by atoms with van der Waals surface area (Å²) in [6.07, 6.45) is 0. The first-order valence-electron chi connectivity index (χ1n) is 8.11. The molecule has 0 N–H and O–H groups in total. The van der Waals surface area contributed by atoms with Gasteiger partial charge in [-0.15, -0.1) is 0 Å². The lowest BCUT2D eigenvalue weighted by atomic mass is 10.1. The van der Waals surface area contributed by atoms with Crippen molar-refractivity contribution in [2.45, 2.75) is 0 Å². The van der Waals surface area contributed by atoms with Gasteiger partial charge in [0.2, 0.25) is 0 Å². The molecule has 124 valence electrons. The van der Waals surface area contributed by atoms with Gasteiger partial charge in [0.25, 0.3) is 0 Å². The third-order valence-electron chi connectivity index (χ3n) is 3.91. The number of likely N-dealkylation sites (N-methyl/N-ethyl adjacent to an activating group) is 1. The minimum atomic E-state index is 0.655. The molecule has 0 unspecified atom stereocenters. The van der Waals surface area contributed by atoms with E-state index in [9.17, 15) is 0 Å². The highest BCUT2D eigenvalue weighted by Crippen LogP contribution is 2.31. The van der Waals surface area contributed by atoms with Crippen LogP contribution in [0.2, 0.25) is 0 Å². The highest BCUT2D eigenvalue weighted by molar-refractivity contribution is 5.72. The average Bonchev–Trinajstić information content (AvgIpc) is 2.97. The molecule has 1 heterocycles. The lowest BCUT2D eigenvalue weighted by Crippen LogP contribution is -2.19. The number of para-hydroxylation sites is 1. The summed E-state index contributed by atoms with van der Waals surface area (Å²) in [4.78, 5) is 2.11. The third-order valence-corrected chi connectivity index (χ3v) is 3.91. The highest BCUT2D eigenvalue weighted by Gasteiger charge is 2.12. The molecule has 3 rings (SSSR count). The van der Waals surface area contributed by atoms with Crippen molar-refractivity contribution in [3.63, 3.8) is 0 Å². The monoisotopic (exact) mass is 321 g/mol. The Balaban J connectivity index is 1.90. The summed E-state index contributed by atoms with van der Waals surface area (Å²) < 4.78 is 7.88. The molecule has 3 aromatic rings. The van der Waals surface area contributed by atoms with E-state index >= 15 is 0 Å². The van der Waals surface area contributed by atoms with Gasteiger partial charge in [-0.1, -0.05) is 42.5 Å². The maximum absolute atomic E-state index is 5.97. The van der Waals surface area contributed by atoms with E-state index in [0.29, 0.717) is 6.61 Å². The van der Waals surface area contributed by atoms with Crippen molar-refractivity contribution in [1.82, 2.24) is 14.7 Å². The van der Waals surface area contributed by atoms with E-state index in [-0.39, 0.29) is 0 Å². The molecule has 0 fully saturated rings. The molecule has 0 aliphatic rings. The number of rotatable bonds is 6. The highest BCUT2D eigenvalue weighted by atomic mass is 16.5. The molecule has 2 aromatic carbocycles. The molecule has 0 amide bonds. The van der Waals surface area contributed by atoms with Crippen LogP contribution >= 0.6 is 0 Å². The molecule has 0 aliphatic carbocycles. The minimum absolute atomic E-state index is 0.655. The second-order valence-corrected chi connectivity index (χ2v) is 6.05. The van der Waals surface area contributed by atoms with E-state index < -0.39 is 0 Å². The fraction of sp³-hybridized carbons (Fsp3) is 0.250. The zero-order valence-electron chi connectivity index (χ0n) is 14.4. The van der Waals surface area contributed by atoms with Crippen molar-refractivity contribution in [3.8, 4) is 28.3 Å². The summed E-state index contributed by atoms with van der Waals surface area (Å²) in [6.45, 7) is 1.54. The van der Waals surface area contributed by atoms with Gasteiger partial charge in [-0.25, -0.2) is 0 Å². The van der Waals surface area contributed by atoms with E-state index in [1.165, 1.54) is 0 Å². The Morgan fingerprint density at radius 2 is 1.71 bits per heavy atom. The van der Waals surface area contributed by atoms with Crippen molar-refractivity contribution in [1.29, 1.82) is 0 Å². The van der Waals surface area contributed by atoms with Crippen molar-refractivity contribution in [2.24, 2.45) is 7.05 Å². The summed E-state index contributed by atoms with van der Waals surface area (Å²) in [7, 11) is 6.06. The van der Waals surface area contributed by atoms with Gasteiger partial charge in [-0.05, 0) is 37.9 Å². The van der Waals surface area contributed by atoms with Crippen LogP contribution in [0.4, 0.5) is 0 Å². The molecule has 0 atom stereocenters. The molecule has 0 aliphatic heterocycles. The van der Waals surface area contributed by atoms with E-state index in [2.05, 4.69) is 34.3 Å². The maximum Gasteiger partial charge on any atom is 0.128 e. The lowest BCUT2D eigenvalue weighted by molar-refractivity contribution is 0.262. The molecular formula is C20H23N3O. The van der Waals surface area contributed by atoms with Crippen molar-refractivity contribution < 1.29 is 4.74 Å². The second-order valence-electron chi connectivity index (χ2n) is 6.05. The summed E-state index contributed by atoms with van der Waals surface area (Å²) in [6, 6.07) is 20.5. The van der Waals surface area contributed by atoms with Crippen molar-refractivity contribution >= 4 is 0 Å². The fourth-order valence-electron chi connectivity index (χ4n) is 2.62. The number of hydrogen-bond acceptors (Lipinski definition) is 3. The molecule has 0 radical (unpaired) electrons. The van der Waals surface area contributed by atoms with Gasteiger partial charge in [-0.3, -0.25) is 4.68 Å². The number of nitrogens with zero attached hydrogens (tertiary/aromatic N) is 3. The molecule has 0 saturated carbocycles. The van der Waals surface area contributed by atoms with Crippen LogP contribution in [0.15, 0.2) is 60.7 Å². The minimum Gasteiger partial charge on any atom is -0.492 e. The SMILES string of the molecule is CN(C)CCOc1ccccc1-c1cc(-c2ccccc2)n(C)n1. The Hall–Kier alpha value is -2.59. The zero-order valence-corrected chi connectivity index (χ0v) is 14.4. The van der Waals surface area contributed by atoms with Gasteiger partial charge in [0.05, 0.1) is 11.4 Å². The molecular weight excluding hydrogens is 298 g/mol. The first-order chi connectivity index (χ1) is 11.6. The van der Waals surface area contributed by atoms with Crippen molar-refractivity contribution in [3.05, 3.63) is 60.7 Å². The van der Waals surface area contributed by atoms with Crippen molar-refractivity contribution in [2.75, 3.05) is 27.2 Å². The number of aryl methyl sites for hydroxylation is 1. The van der Waals surface area contributed by atoms with Gasteiger partial charge < -0.3 is 9.64 Å². The number of aromatic nitrogens is 2. The number of ether oxygens (including phenoxy) is 1. The second kappa shape index (κ2) is 7.32. The van der Waals surface area contributed by atoms with Crippen LogP contribution in [-0.2, 0) is 7.05 Å². The zero-order chi connectivity index (χ0) is 16.9. The largest absolute Gasteiger partial charge is 0.492 e. The molecule has 1 aromatic heterocycles. The molecule has 0 saturated heterocycles. The third kappa shape index (κ3) is 3.66. The lowest BCUT2D eigenvalue weighted by Gasteiger charge is -2.13. The Bertz CT molecular complexity index is 794. The predicted octanol–water partition coefficient (Wildman–Crippen LogP) is 3.69. The summed E-state index contributed by atoms with van der Waals surface area (Å²) >= 11 is 0. The van der Waals surface area contributed by atoms with Crippen LogP contribution in [0.25, 0.3) is 22.5 Å². The summed E-state index contributed by atoms with van der Waals surface area (Å²) in [5.74, 6) is 0.872. The van der Waals surface area contributed by atoms with Gasteiger partial charge in [0, 0.05) is 19.2 Å². The predicted molar refractivity (Wildman–Crippen MR) is 98.1 cm³/mol. The van der Waals surface area contributed by atoms with Gasteiger partial charge in [0.15, 0.2) is 0 Å². The maximum atomic E-state index is 5.97. The molecule has 0 spiro atoms. The quantitative estimate of drug-likeness (QED) is 0.693. The Morgan fingerprint density at radius 1 is 1.00 bits per heavy atom. The summed E-state index contributed by atoms with van der Waals surface area (Å²) in [5.41, 5.74) is 4.20. The topological polar surface area (TPSA) is 30.3 Å². The van der Waals surface area contributed by atoms with E-state index in [0.717, 1.165) is 34.8 Å². The van der Waals surface area contributed by atoms with Gasteiger partial charge in [-0.2, -0.15) is 5.10 Å². The Morgan fingerprint density at radius 3 is 2.46 bits per heavy atom. The number of benzene rings is 2. The summed E-state index contributed by atoms with van der Waals surface area (Å²) in [5, 5.41) is 4.69. The normalized spacial score (nSPS) is 11.0. The van der Waals surface area contributed by atoms with E-state index in [4.69, 9.17) is 4.74 Å². The smallest absolute Gasteiger partial charge is 0.128 e. The van der Waals surface area contributed by atoms with Gasteiger partial charge >= 0.3 is 0 Å². The van der Waals surface area contributed by atoms with Crippen LogP contribution in [0, 0.1) is 0 Å². The van der Waals surface area contributed by atoms with E-state index in [1.54, 1.807) is 0 Å². The molecule has 0 bridgehead atoms. The Kier molecular flexibility index (Phi) is 4.96. The van der Waals surface area contributed by atoms with Crippen LogP contribution in [0.5, 0.6) is 5.75 Å². The van der Waals surface area contributed by atoms with Crippen LogP contribution in [0.3, 0.4) is 0 Å². The van der Waals surface area contributed by atoms with Crippen LogP contribution < -0.4 is 4.74 Å². The van der Waals surface area contributed by atoms with E-state index in [1.807, 2.05) is 62.2 Å².